The first-order valence-corrected chi connectivity index (χ1v) is 16.0. The van der Waals surface area contributed by atoms with E-state index in [4.69, 9.17) is 0 Å². The molecule has 2 aliphatic rings. The molecule has 200 valence electrons. The Kier molecular flexibility index (Phi) is 6.21. The van der Waals surface area contributed by atoms with E-state index in [0.29, 0.717) is 0 Å². The van der Waals surface area contributed by atoms with E-state index in [-0.39, 0.29) is 9.49 Å². The van der Waals surface area contributed by atoms with Gasteiger partial charge in [0.2, 0.25) is 0 Å². The second-order valence-electron chi connectivity index (χ2n) is 10.8. The summed E-state index contributed by atoms with van der Waals surface area (Å²) in [5.74, 6) is 0. The number of hydrogen-bond donors (Lipinski definition) is 0. The van der Waals surface area contributed by atoms with Crippen LogP contribution in [0.5, 0.6) is 0 Å². The van der Waals surface area contributed by atoms with Crippen molar-refractivity contribution in [1.29, 1.82) is 0 Å². The van der Waals surface area contributed by atoms with Crippen LogP contribution < -0.4 is 0 Å². The predicted octanol–water partition coefficient (Wildman–Crippen LogP) is 10.6. The first kappa shape index (κ1) is 25.5. The SMILES string of the molecule is c1ccc(C2(c3ccccc3)SC(=C3SC(c4ccccc4)(c4ccccc4)c4ccccc43)c3ccccc32)cc1. The van der Waals surface area contributed by atoms with Gasteiger partial charge in [0.1, 0.15) is 0 Å². The van der Waals surface area contributed by atoms with E-state index in [9.17, 15) is 0 Å². The van der Waals surface area contributed by atoms with Gasteiger partial charge in [0.15, 0.2) is 0 Å². The summed E-state index contributed by atoms with van der Waals surface area (Å²) in [6, 6.07) is 62.2. The molecule has 0 amide bonds. The predicted molar refractivity (Wildman–Crippen MR) is 180 cm³/mol. The van der Waals surface area contributed by atoms with Crippen LogP contribution in [0, 0.1) is 0 Å². The zero-order chi connectivity index (χ0) is 28.0. The summed E-state index contributed by atoms with van der Waals surface area (Å²) in [4.78, 5) is 2.70. The number of hydrogen-bond acceptors (Lipinski definition) is 2. The quantitative estimate of drug-likeness (QED) is 0.206. The lowest BCUT2D eigenvalue weighted by molar-refractivity contribution is 0.907. The van der Waals surface area contributed by atoms with Crippen molar-refractivity contribution >= 4 is 33.3 Å². The summed E-state index contributed by atoms with van der Waals surface area (Å²) < 4.78 is -0.691. The van der Waals surface area contributed by atoms with Crippen molar-refractivity contribution in [3.05, 3.63) is 214 Å². The highest BCUT2D eigenvalue weighted by molar-refractivity contribution is 8.15. The van der Waals surface area contributed by atoms with Crippen LogP contribution >= 0.6 is 23.5 Å². The lowest BCUT2D eigenvalue weighted by Crippen LogP contribution is -2.22. The van der Waals surface area contributed by atoms with Gasteiger partial charge in [-0.1, -0.05) is 170 Å². The summed E-state index contributed by atoms with van der Waals surface area (Å²) in [5.41, 5.74) is 10.6. The van der Waals surface area contributed by atoms with Gasteiger partial charge < -0.3 is 0 Å². The van der Waals surface area contributed by atoms with Crippen LogP contribution in [0.2, 0.25) is 0 Å². The van der Waals surface area contributed by atoms with E-state index in [1.165, 1.54) is 54.3 Å². The van der Waals surface area contributed by atoms with Crippen molar-refractivity contribution in [2.45, 2.75) is 9.49 Å². The van der Waals surface area contributed by atoms with Crippen molar-refractivity contribution < 1.29 is 0 Å². The fourth-order valence-corrected chi connectivity index (χ4v) is 10.2. The van der Waals surface area contributed by atoms with E-state index in [0.717, 1.165) is 0 Å². The van der Waals surface area contributed by atoms with Crippen LogP contribution in [-0.2, 0) is 9.49 Å². The van der Waals surface area contributed by atoms with Crippen LogP contribution in [0.15, 0.2) is 170 Å². The van der Waals surface area contributed by atoms with Gasteiger partial charge in [0.05, 0.1) is 9.49 Å². The second-order valence-corrected chi connectivity index (χ2v) is 13.2. The molecule has 0 N–H and O–H groups in total. The van der Waals surface area contributed by atoms with Gasteiger partial charge in [-0.3, -0.25) is 0 Å². The fourth-order valence-electron chi connectivity index (χ4n) is 6.72. The minimum atomic E-state index is -0.346. The maximum Gasteiger partial charge on any atom is 0.0960 e. The van der Waals surface area contributed by atoms with Gasteiger partial charge in [0, 0.05) is 9.81 Å². The van der Waals surface area contributed by atoms with Crippen molar-refractivity contribution in [3.8, 4) is 0 Å². The standard InChI is InChI=1S/C40H28S2/c1-5-17-29(18-6-1)39(30-19-7-2-8-20-30)35-27-15-13-25-33(35)37(41-39)38-34-26-14-16-28-36(34)40(42-38,31-21-9-3-10-22-31)32-23-11-4-12-24-32/h1-28H. The molecule has 0 spiro atoms. The molecule has 42 heavy (non-hydrogen) atoms. The third-order valence-corrected chi connectivity index (χ3v) is 11.9. The molecule has 0 saturated carbocycles. The maximum atomic E-state index is 2.34. The molecule has 6 aromatic carbocycles. The number of thioether (sulfide) groups is 2. The van der Waals surface area contributed by atoms with E-state index >= 15 is 0 Å². The number of rotatable bonds is 4. The third kappa shape index (κ3) is 3.72. The molecular formula is C40H28S2. The van der Waals surface area contributed by atoms with Crippen LogP contribution in [0.4, 0.5) is 0 Å². The van der Waals surface area contributed by atoms with Gasteiger partial charge >= 0.3 is 0 Å². The Balaban J connectivity index is 1.44. The molecule has 2 heteroatoms. The van der Waals surface area contributed by atoms with Crippen LogP contribution in [0.3, 0.4) is 0 Å². The summed E-state index contributed by atoms with van der Waals surface area (Å²) in [6.07, 6.45) is 0. The van der Waals surface area contributed by atoms with Crippen LogP contribution in [0.25, 0.3) is 9.81 Å². The molecule has 6 aromatic rings. The van der Waals surface area contributed by atoms with Gasteiger partial charge in [-0.2, -0.15) is 0 Å². The second kappa shape index (κ2) is 10.2. The Bertz CT molecular complexity index is 1690. The Labute approximate surface area is 256 Å². The third-order valence-electron chi connectivity index (χ3n) is 8.54. The van der Waals surface area contributed by atoms with E-state index < -0.39 is 0 Å². The summed E-state index contributed by atoms with van der Waals surface area (Å²) in [7, 11) is 0. The molecular weight excluding hydrogens is 545 g/mol. The molecule has 0 saturated heterocycles. The Morgan fingerprint density at radius 2 is 0.548 bits per heavy atom. The van der Waals surface area contributed by atoms with E-state index in [2.05, 4.69) is 170 Å². The van der Waals surface area contributed by atoms with E-state index in [1.807, 2.05) is 23.5 Å². The summed E-state index contributed by atoms with van der Waals surface area (Å²) in [6.45, 7) is 0. The molecule has 0 unspecified atom stereocenters. The van der Waals surface area contributed by atoms with Crippen molar-refractivity contribution in [2.75, 3.05) is 0 Å². The number of fused-ring (bicyclic) bond motifs is 2. The van der Waals surface area contributed by atoms with Crippen LogP contribution in [-0.4, -0.2) is 0 Å². The summed E-state index contributed by atoms with van der Waals surface area (Å²) in [5, 5.41) is 0. The minimum Gasteiger partial charge on any atom is -0.103 e. The lowest BCUT2D eigenvalue weighted by atomic mass is 9.81. The average molecular weight is 573 g/mol. The molecule has 2 aliphatic heterocycles. The normalized spacial score (nSPS) is 17.9. The number of benzene rings is 6. The van der Waals surface area contributed by atoms with Crippen LogP contribution in [0.1, 0.15) is 44.5 Å². The van der Waals surface area contributed by atoms with Gasteiger partial charge in [-0.25, -0.2) is 0 Å². The highest BCUT2D eigenvalue weighted by atomic mass is 32.2. The molecule has 2 heterocycles. The summed E-state index contributed by atoms with van der Waals surface area (Å²) >= 11 is 4.01. The Hall–Kier alpha value is -4.24. The smallest absolute Gasteiger partial charge is 0.0960 e. The highest BCUT2D eigenvalue weighted by Gasteiger charge is 2.50. The van der Waals surface area contributed by atoms with Crippen molar-refractivity contribution in [3.63, 3.8) is 0 Å². The lowest BCUT2D eigenvalue weighted by Gasteiger charge is -2.31. The first-order chi connectivity index (χ1) is 20.8. The molecule has 0 fully saturated rings. The van der Waals surface area contributed by atoms with Gasteiger partial charge in [0.25, 0.3) is 0 Å². The Morgan fingerprint density at radius 1 is 0.286 bits per heavy atom. The maximum absolute atomic E-state index is 2.34. The highest BCUT2D eigenvalue weighted by Crippen LogP contribution is 2.69. The van der Waals surface area contributed by atoms with Gasteiger partial charge in [-0.05, 0) is 44.5 Å². The van der Waals surface area contributed by atoms with Gasteiger partial charge in [-0.15, -0.1) is 23.5 Å². The first-order valence-electron chi connectivity index (χ1n) is 14.4. The molecule has 0 aliphatic carbocycles. The van der Waals surface area contributed by atoms with Crippen molar-refractivity contribution in [2.24, 2.45) is 0 Å². The monoisotopic (exact) mass is 572 g/mol. The Morgan fingerprint density at radius 3 is 0.857 bits per heavy atom. The molecule has 8 rings (SSSR count). The van der Waals surface area contributed by atoms with E-state index in [1.54, 1.807) is 0 Å². The molecule has 0 bridgehead atoms. The minimum absolute atomic E-state index is 0.346. The molecule has 0 atom stereocenters. The zero-order valence-electron chi connectivity index (χ0n) is 23.0. The largest absolute Gasteiger partial charge is 0.103 e. The molecule has 0 radical (unpaired) electrons. The average Bonchev–Trinajstić information content (AvgIpc) is 3.62. The topological polar surface area (TPSA) is 0 Å². The zero-order valence-corrected chi connectivity index (χ0v) is 24.6. The fraction of sp³-hybridized carbons (Fsp3) is 0.0500. The molecule has 0 aromatic heterocycles. The molecule has 0 nitrogen and oxygen atoms in total. The van der Waals surface area contributed by atoms with Crippen molar-refractivity contribution in [1.82, 2.24) is 0 Å².